The van der Waals surface area contributed by atoms with Crippen molar-refractivity contribution >= 4 is 5.91 Å². The van der Waals surface area contributed by atoms with Gasteiger partial charge in [0.1, 0.15) is 23.9 Å². The first-order valence-corrected chi connectivity index (χ1v) is 9.98. The molecule has 3 rings (SSSR count). The molecule has 1 atom stereocenters. The topological polar surface area (TPSA) is 73.6 Å². The van der Waals surface area contributed by atoms with Gasteiger partial charge >= 0.3 is 0 Å². The van der Waals surface area contributed by atoms with Crippen LogP contribution in [0.25, 0.3) is 0 Å². The fraction of sp³-hybridized carbons (Fsp3) is 0.333. The van der Waals surface area contributed by atoms with Gasteiger partial charge in [0.2, 0.25) is 0 Å². The van der Waals surface area contributed by atoms with E-state index in [1.54, 1.807) is 19.2 Å². The predicted octanol–water partition coefficient (Wildman–Crippen LogP) is 5.01. The maximum atomic E-state index is 12.9. The summed E-state index contributed by atoms with van der Waals surface area (Å²) in [7, 11) is 1.64. The second-order valence-electron chi connectivity index (χ2n) is 7.59. The van der Waals surface area contributed by atoms with Gasteiger partial charge in [-0.25, -0.2) is 0 Å². The number of hydrogen-bond acceptors (Lipinski definition) is 5. The number of carbonyl (C=O) groups is 1. The summed E-state index contributed by atoms with van der Waals surface area (Å²) in [6, 6.07) is 14.8. The summed E-state index contributed by atoms with van der Waals surface area (Å²) in [5.41, 5.74) is 3.31. The van der Waals surface area contributed by atoms with Gasteiger partial charge in [-0.2, -0.15) is 0 Å². The number of hydrogen-bond donors (Lipinski definition) is 1. The highest BCUT2D eigenvalue weighted by molar-refractivity contribution is 5.94. The van der Waals surface area contributed by atoms with Crippen molar-refractivity contribution in [3.8, 4) is 11.5 Å². The highest BCUT2D eigenvalue weighted by atomic mass is 16.5. The van der Waals surface area contributed by atoms with E-state index in [2.05, 4.69) is 24.3 Å². The van der Waals surface area contributed by atoms with Crippen LogP contribution >= 0.6 is 0 Å². The summed E-state index contributed by atoms with van der Waals surface area (Å²) in [5, 5.41) is 7.08. The van der Waals surface area contributed by atoms with E-state index in [9.17, 15) is 4.79 Å². The van der Waals surface area contributed by atoms with Crippen LogP contribution in [0.2, 0.25) is 0 Å². The van der Waals surface area contributed by atoms with Crippen molar-refractivity contribution in [1.29, 1.82) is 0 Å². The first kappa shape index (κ1) is 21.4. The number of nitrogens with zero attached hydrogens (tertiary/aromatic N) is 1. The van der Waals surface area contributed by atoms with E-state index in [-0.39, 0.29) is 17.9 Å². The van der Waals surface area contributed by atoms with Gasteiger partial charge in [0.05, 0.1) is 24.4 Å². The normalized spacial score (nSPS) is 11.9. The molecule has 3 aromatic rings. The highest BCUT2D eigenvalue weighted by Gasteiger charge is 2.20. The second-order valence-corrected chi connectivity index (χ2v) is 7.59. The van der Waals surface area contributed by atoms with Gasteiger partial charge in [0.25, 0.3) is 5.91 Å². The van der Waals surface area contributed by atoms with Gasteiger partial charge in [-0.3, -0.25) is 4.79 Å². The standard InChI is InChI=1S/C24H28N2O4/c1-15(2)23(18-9-11-20(28-5)12-10-18)25-24(27)19-7-6-8-21(13-19)29-14-22-16(3)26-30-17(22)4/h6-13,15,23H,14H2,1-5H3,(H,25,27). The number of methoxy groups -OCH3 is 1. The molecule has 6 nitrogen and oxygen atoms in total. The fourth-order valence-electron chi connectivity index (χ4n) is 3.26. The summed E-state index contributed by atoms with van der Waals surface area (Å²) in [4.78, 5) is 12.9. The van der Waals surface area contributed by atoms with Gasteiger partial charge in [-0.15, -0.1) is 0 Å². The Balaban J connectivity index is 1.71. The largest absolute Gasteiger partial charge is 0.497 e. The average molecular weight is 408 g/mol. The van der Waals surface area contributed by atoms with Crippen LogP contribution in [0.4, 0.5) is 0 Å². The van der Waals surface area contributed by atoms with Gasteiger partial charge < -0.3 is 19.3 Å². The summed E-state index contributed by atoms with van der Waals surface area (Å²) >= 11 is 0. The Labute approximate surface area is 177 Å². The van der Waals surface area contributed by atoms with Crippen LogP contribution in [0.15, 0.2) is 53.1 Å². The van der Waals surface area contributed by atoms with E-state index < -0.39 is 0 Å². The summed E-state index contributed by atoms with van der Waals surface area (Å²) in [6.45, 7) is 8.24. The molecule has 1 aromatic heterocycles. The van der Waals surface area contributed by atoms with Crippen LogP contribution < -0.4 is 14.8 Å². The molecule has 0 aliphatic carbocycles. The lowest BCUT2D eigenvalue weighted by atomic mass is 9.95. The molecule has 0 radical (unpaired) electrons. The zero-order valence-corrected chi connectivity index (χ0v) is 18.1. The Bertz CT molecular complexity index is 973. The molecule has 158 valence electrons. The first-order valence-electron chi connectivity index (χ1n) is 9.98. The van der Waals surface area contributed by atoms with E-state index in [0.29, 0.717) is 17.9 Å². The quantitative estimate of drug-likeness (QED) is 0.567. The molecule has 0 saturated carbocycles. The van der Waals surface area contributed by atoms with Crippen LogP contribution in [0.5, 0.6) is 11.5 Å². The number of rotatable bonds is 8. The minimum absolute atomic E-state index is 0.115. The van der Waals surface area contributed by atoms with Crippen LogP contribution in [-0.2, 0) is 6.61 Å². The lowest BCUT2D eigenvalue weighted by molar-refractivity contribution is 0.0925. The molecular weight excluding hydrogens is 380 g/mol. The van der Waals surface area contributed by atoms with E-state index in [1.165, 1.54) is 0 Å². The lowest BCUT2D eigenvalue weighted by Crippen LogP contribution is -2.31. The van der Waals surface area contributed by atoms with Crippen molar-refractivity contribution in [3.63, 3.8) is 0 Å². The van der Waals surface area contributed by atoms with E-state index in [0.717, 1.165) is 28.3 Å². The molecule has 0 spiro atoms. The second kappa shape index (κ2) is 9.48. The molecule has 6 heteroatoms. The van der Waals surface area contributed by atoms with E-state index in [4.69, 9.17) is 14.0 Å². The number of benzene rings is 2. The van der Waals surface area contributed by atoms with Gasteiger partial charge in [-0.1, -0.05) is 37.2 Å². The van der Waals surface area contributed by atoms with Crippen molar-refractivity contribution < 1.29 is 18.8 Å². The zero-order chi connectivity index (χ0) is 21.7. The molecule has 0 bridgehead atoms. The number of ether oxygens (including phenoxy) is 2. The van der Waals surface area contributed by atoms with Crippen molar-refractivity contribution in [2.45, 2.75) is 40.3 Å². The van der Waals surface area contributed by atoms with Crippen molar-refractivity contribution in [1.82, 2.24) is 10.5 Å². The number of nitrogens with one attached hydrogen (secondary N) is 1. The molecule has 30 heavy (non-hydrogen) atoms. The smallest absolute Gasteiger partial charge is 0.251 e. The molecule has 1 unspecified atom stereocenters. The molecule has 0 fully saturated rings. The third kappa shape index (κ3) is 5.00. The third-order valence-electron chi connectivity index (χ3n) is 5.09. The maximum absolute atomic E-state index is 12.9. The van der Waals surface area contributed by atoms with Gasteiger partial charge in [-0.05, 0) is 55.7 Å². The molecule has 2 aromatic carbocycles. The minimum atomic E-state index is -0.146. The summed E-state index contributed by atoms with van der Waals surface area (Å²) in [6.07, 6.45) is 0. The summed E-state index contributed by atoms with van der Waals surface area (Å²) in [5.74, 6) is 2.22. The molecule has 1 amide bonds. The number of aryl methyl sites for hydroxylation is 2. The first-order chi connectivity index (χ1) is 14.4. The van der Waals surface area contributed by atoms with Crippen molar-refractivity contribution in [2.24, 2.45) is 5.92 Å². The summed E-state index contributed by atoms with van der Waals surface area (Å²) < 4.78 is 16.3. The van der Waals surface area contributed by atoms with Gasteiger partial charge in [0, 0.05) is 5.56 Å². The van der Waals surface area contributed by atoms with Crippen LogP contribution in [0.1, 0.15) is 52.8 Å². The van der Waals surface area contributed by atoms with Crippen LogP contribution in [0.3, 0.4) is 0 Å². The molecule has 0 aliphatic heterocycles. The van der Waals surface area contributed by atoms with Crippen molar-refractivity contribution in [3.05, 3.63) is 76.7 Å². The average Bonchev–Trinajstić information content (AvgIpc) is 3.07. The third-order valence-corrected chi connectivity index (χ3v) is 5.09. The van der Waals surface area contributed by atoms with E-state index >= 15 is 0 Å². The van der Waals surface area contributed by atoms with Gasteiger partial charge in [0.15, 0.2) is 0 Å². The fourth-order valence-corrected chi connectivity index (χ4v) is 3.26. The van der Waals surface area contributed by atoms with Crippen LogP contribution in [-0.4, -0.2) is 18.2 Å². The zero-order valence-electron chi connectivity index (χ0n) is 18.1. The molecular formula is C24H28N2O4. The number of aromatic nitrogens is 1. The maximum Gasteiger partial charge on any atom is 0.251 e. The number of carbonyl (C=O) groups excluding carboxylic acids is 1. The molecule has 0 aliphatic rings. The highest BCUT2D eigenvalue weighted by Crippen LogP contribution is 2.25. The lowest BCUT2D eigenvalue weighted by Gasteiger charge is -2.23. The molecule has 0 saturated heterocycles. The van der Waals surface area contributed by atoms with E-state index in [1.807, 2.05) is 50.2 Å². The predicted molar refractivity (Wildman–Crippen MR) is 115 cm³/mol. The Morgan fingerprint density at radius 2 is 1.83 bits per heavy atom. The number of amides is 1. The minimum Gasteiger partial charge on any atom is -0.497 e. The Hall–Kier alpha value is -3.28. The Morgan fingerprint density at radius 1 is 1.10 bits per heavy atom. The van der Waals surface area contributed by atoms with Crippen LogP contribution in [0, 0.1) is 19.8 Å². The monoisotopic (exact) mass is 408 g/mol. The Morgan fingerprint density at radius 3 is 2.43 bits per heavy atom. The molecule has 1 N–H and O–H groups in total. The SMILES string of the molecule is COc1ccc(C(NC(=O)c2cccc(OCc3c(C)noc3C)c2)C(C)C)cc1. The molecule has 1 heterocycles. The Kier molecular flexibility index (Phi) is 6.77. The van der Waals surface area contributed by atoms with Crippen molar-refractivity contribution in [2.75, 3.05) is 7.11 Å².